The first-order valence-electron chi connectivity index (χ1n) is 6.55. The molecule has 0 saturated heterocycles. The highest BCUT2D eigenvalue weighted by molar-refractivity contribution is 5.92. The number of carboxylic acids is 1. The third-order valence-corrected chi connectivity index (χ3v) is 3.48. The number of nitrogens with zero attached hydrogens (tertiary/aromatic N) is 3. The number of aromatic amines is 1. The smallest absolute Gasteiger partial charge is 0.335 e. The molecule has 0 bridgehead atoms. The minimum atomic E-state index is -1.02. The third kappa shape index (κ3) is 2.22. The van der Waals surface area contributed by atoms with E-state index in [4.69, 9.17) is 5.11 Å². The van der Waals surface area contributed by atoms with Crippen molar-refractivity contribution < 1.29 is 9.90 Å². The van der Waals surface area contributed by atoms with Gasteiger partial charge in [0, 0.05) is 12.7 Å². The number of hydrogen-bond donors (Lipinski definition) is 2. The molecule has 0 amide bonds. The normalized spacial score (nSPS) is 11.1. The van der Waals surface area contributed by atoms with E-state index in [0.717, 1.165) is 12.2 Å². The molecule has 2 aromatic heterocycles. The molecule has 7 heteroatoms. The summed E-state index contributed by atoms with van der Waals surface area (Å²) >= 11 is 0. The van der Waals surface area contributed by atoms with Gasteiger partial charge in [-0.2, -0.15) is 0 Å². The first kappa shape index (κ1) is 13.2. The lowest BCUT2D eigenvalue weighted by Gasteiger charge is -2.06. The second-order valence-corrected chi connectivity index (χ2v) is 4.72. The van der Waals surface area contributed by atoms with E-state index < -0.39 is 5.97 Å². The number of fused-ring (bicyclic) bond motifs is 1. The number of carboxylic acid groups (broad SMARTS) is 1. The number of H-pyrrole nitrogens is 1. The van der Waals surface area contributed by atoms with Crippen molar-refractivity contribution >= 4 is 17.0 Å². The van der Waals surface area contributed by atoms with Gasteiger partial charge in [0.1, 0.15) is 0 Å². The molecule has 3 aromatic rings. The van der Waals surface area contributed by atoms with Crippen LogP contribution in [0.25, 0.3) is 11.0 Å². The Bertz CT molecular complexity index is 872. The molecular weight excluding hydrogens is 272 g/mol. The number of aromatic carboxylic acids is 1. The molecule has 0 atom stereocenters. The zero-order chi connectivity index (χ0) is 15.0. The average Bonchev–Trinajstić information content (AvgIpc) is 3.03. The van der Waals surface area contributed by atoms with Crippen molar-refractivity contribution in [2.24, 2.45) is 0 Å². The van der Waals surface area contributed by atoms with Crippen LogP contribution in [0.5, 0.6) is 0 Å². The Hall–Kier alpha value is -2.83. The predicted molar refractivity (Wildman–Crippen MR) is 76.5 cm³/mol. The minimum absolute atomic E-state index is 0.152. The molecule has 0 unspecified atom stereocenters. The summed E-state index contributed by atoms with van der Waals surface area (Å²) in [7, 11) is 0. The molecule has 7 nitrogen and oxygen atoms in total. The first-order valence-corrected chi connectivity index (χ1v) is 6.55. The average molecular weight is 286 g/mol. The Balaban J connectivity index is 2.13. The highest BCUT2D eigenvalue weighted by Gasteiger charge is 2.12. The van der Waals surface area contributed by atoms with Crippen LogP contribution >= 0.6 is 0 Å². The first-order chi connectivity index (χ1) is 10.1. The third-order valence-electron chi connectivity index (χ3n) is 3.48. The number of hydrogen-bond acceptors (Lipinski definition) is 3. The number of aromatic nitrogens is 4. The number of imidazole rings is 2. The Morgan fingerprint density at radius 2 is 2.24 bits per heavy atom. The van der Waals surface area contributed by atoms with Gasteiger partial charge < -0.3 is 14.7 Å². The number of aryl methyl sites for hydroxylation is 1. The molecule has 108 valence electrons. The van der Waals surface area contributed by atoms with Crippen LogP contribution in [0.3, 0.4) is 0 Å². The maximum Gasteiger partial charge on any atom is 0.335 e. The van der Waals surface area contributed by atoms with Crippen molar-refractivity contribution in [2.45, 2.75) is 20.0 Å². The number of nitrogens with one attached hydrogen (secondary N) is 1. The van der Waals surface area contributed by atoms with Crippen molar-refractivity contribution in [3.8, 4) is 0 Å². The maximum atomic E-state index is 12.1. The van der Waals surface area contributed by atoms with Gasteiger partial charge in [-0.05, 0) is 25.1 Å². The number of benzene rings is 1. The Labute approximate surface area is 119 Å². The van der Waals surface area contributed by atoms with Crippen molar-refractivity contribution in [1.29, 1.82) is 0 Å². The van der Waals surface area contributed by atoms with E-state index in [-0.39, 0.29) is 11.3 Å². The lowest BCUT2D eigenvalue weighted by Crippen LogP contribution is -2.19. The van der Waals surface area contributed by atoms with Crippen LogP contribution in [-0.2, 0) is 13.1 Å². The monoisotopic (exact) mass is 286 g/mol. The summed E-state index contributed by atoms with van der Waals surface area (Å²) in [5.41, 5.74) is 1.97. The van der Waals surface area contributed by atoms with Crippen molar-refractivity contribution in [3.63, 3.8) is 0 Å². The summed E-state index contributed by atoms with van der Waals surface area (Å²) in [6.45, 7) is 3.09. The van der Waals surface area contributed by atoms with Gasteiger partial charge >= 0.3 is 11.7 Å². The van der Waals surface area contributed by atoms with Crippen LogP contribution in [0.1, 0.15) is 23.0 Å². The van der Waals surface area contributed by atoms with Crippen molar-refractivity contribution in [2.75, 3.05) is 0 Å². The second-order valence-electron chi connectivity index (χ2n) is 4.72. The molecule has 0 spiro atoms. The molecule has 1 aromatic carbocycles. The van der Waals surface area contributed by atoms with Gasteiger partial charge in [-0.1, -0.05) is 0 Å². The van der Waals surface area contributed by atoms with Gasteiger partial charge in [0.2, 0.25) is 0 Å². The van der Waals surface area contributed by atoms with Gasteiger partial charge in [0.25, 0.3) is 0 Å². The molecule has 3 rings (SSSR count). The van der Waals surface area contributed by atoms with Gasteiger partial charge in [-0.15, -0.1) is 0 Å². The van der Waals surface area contributed by atoms with Crippen LogP contribution in [0.15, 0.2) is 35.5 Å². The Kier molecular flexibility index (Phi) is 3.09. The van der Waals surface area contributed by atoms with E-state index in [1.54, 1.807) is 18.6 Å². The van der Waals surface area contributed by atoms with Gasteiger partial charge in [-0.25, -0.2) is 14.6 Å². The minimum Gasteiger partial charge on any atom is -0.478 e. The summed E-state index contributed by atoms with van der Waals surface area (Å²) in [5, 5.41) is 9.07. The molecule has 0 radical (unpaired) electrons. The number of carbonyl (C=O) groups is 1. The van der Waals surface area contributed by atoms with Crippen molar-refractivity contribution in [3.05, 3.63) is 52.5 Å². The molecule has 2 heterocycles. The molecule has 0 aliphatic carbocycles. The Morgan fingerprint density at radius 1 is 1.43 bits per heavy atom. The fourth-order valence-corrected chi connectivity index (χ4v) is 2.37. The highest BCUT2D eigenvalue weighted by atomic mass is 16.4. The van der Waals surface area contributed by atoms with E-state index >= 15 is 0 Å². The van der Waals surface area contributed by atoms with E-state index in [1.807, 2.05) is 11.5 Å². The molecule has 0 aliphatic rings. The zero-order valence-corrected chi connectivity index (χ0v) is 11.4. The summed E-state index contributed by atoms with van der Waals surface area (Å²) < 4.78 is 3.46. The zero-order valence-electron chi connectivity index (χ0n) is 11.4. The van der Waals surface area contributed by atoms with Crippen LogP contribution in [0.4, 0.5) is 0 Å². The highest BCUT2D eigenvalue weighted by Crippen LogP contribution is 2.14. The molecule has 21 heavy (non-hydrogen) atoms. The number of rotatable bonds is 4. The van der Waals surface area contributed by atoms with Crippen LogP contribution in [0.2, 0.25) is 0 Å². The molecule has 0 saturated carbocycles. The van der Waals surface area contributed by atoms with Gasteiger partial charge in [-0.3, -0.25) is 4.57 Å². The molecular formula is C14H14N4O3. The van der Waals surface area contributed by atoms with E-state index in [0.29, 0.717) is 17.6 Å². The largest absolute Gasteiger partial charge is 0.478 e. The summed E-state index contributed by atoms with van der Waals surface area (Å²) in [4.78, 5) is 29.9. The van der Waals surface area contributed by atoms with Crippen LogP contribution < -0.4 is 5.69 Å². The fraction of sp³-hybridized carbons (Fsp3) is 0.214. The Morgan fingerprint density at radius 3 is 2.95 bits per heavy atom. The van der Waals surface area contributed by atoms with Crippen LogP contribution in [-0.4, -0.2) is 30.2 Å². The molecule has 0 aliphatic heterocycles. The summed E-state index contributed by atoms with van der Waals surface area (Å²) in [6.07, 6.45) is 3.41. The topological polar surface area (TPSA) is 92.9 Å². The second kappa shape index (κ2) is 4.93. The lowest BCUT2D eigenvalue weighted by molar-refractivity contribution is 0.0697. The maximum absolute atomic E-state index is 12.1. The summed E-state index contributed by atoms with van der Waals surface area (Å²) in [5.74, 6) is -1.02. The van der Waals surface area contributed by atoms with Crippen molar-refractivity contribution in [1.82, 2.24) is 19.1 Å². The van der Waals surface area contributed by atoms with E-state index in [1.165, 1.54) is 16.7 Å². The molecule has 0 fully saturated rings. The van der Waals surface area contributed by atoms with Crippen LogP contribution in [0, 0.1) is 0 Å². The van der Waals surface area contributed by atoms with E-state index in [9.17, 15) is 9.59 Å². The van der Waals surface area contributed by atoms with E-state index in [2.05, 4.69) is 9.97 Å². The fourth-order valence-electron chi connectivity index (χ4n) is 2.37. The molecule has 2 N–H and O–H groups in total. The standard InChI is InChI=1S/C14H14N4O3/c1-2-17-8-15-6-10(17)7-18-12-5-9(13(19)20)3-4-11(12)16-14(18)21/h3-6,8H,2,7H2,1H3,(H,16,21)(H,19,20). The quantitative estimate of drug-likeness (QED) is 0.756. The van der Waals surface area contributed by atoms with Gasteiger partial charge in [0.15, 0.2) is 0 Å². The predicted octanol–water partition coefficient (Wildman–Crippen LogP) is 1.29. The van der Waals surface area contributed by atoms with Gasteiger partial charge in [0.05, 0.1) is 35.2 Å². The SMILES string of the molecule is CCn1cncc1Cn1c(=O)[nH]c2ccc(C(=O)O)cc21. The lowest BCUT2D eigenvalue weighted by atomic mass is 10.2. The summed E-state index contributed by atoms with van der Waals surface area (Å²) in [6, 6.07) is 4.58.